The maximum Gasteiger partial charge on any atom is 0.450 e. The van der Waals surface area contributed by atoms with Crippen LogP contribution in [-0.2, 0) is 17.5 Å². The zero-order valence-electron chi connectivity index (χ0n) is 17.1. The van der Waals surface area contributed by atoms with E-state index in [1.807, 2.05) is 18.7 Å². The number of aromatic hydroxyl groups is 1. The molecule has 31 heavy (non-hydrogen) atoms. The molecule has 2 aromatic carbocycles. The molecule has 1 saturated heterocycles. The Hall–Kier alpha value is -2.84. The monoisotopic (exact) mass is 433 g/mol. The first kappa shape index (κ1) is 21.4. The standard InChI is InChI=1S/C23H22F3NO4/c1-13-10-27(11-14(2)30-13)12-17-18(28)9-8-16-20(29)19(15-6-4-3-5-7-15)22(23(24,25)26)31-21(16)17/h3-9,13-14,28H,10-12H2,1-2H3. The number of alkyl halides is 3. The van der Waals surface area contributed by atoms with Gasteiger partial charge in [-0.1, -0.05) is 30.3 Å². The number of benzene rings is 2. The van der Waals surface area contributed by atoms with Crippen molar-refractivity contribution in [2.45, 2.75) is 38.8 Å². The number of phenols is 1. The highest BCUT2D eigenvalue weighted by atomic mass is 19.4. The van der Waals surface area contributed by atoms with Crippen LogP contribution in [0.2, 0.25) is 0 Å². The summed E-state index contributed by atoms with van der Waals surface area (Å²) < 4.78 is 52.8. The van der Waals surface area contributed by atoms with E-state index in [0.717, 1.165) is 0 Å². The highest BCUT2D eigenvalue weighted by Gasteiger charge is 2.40. The summed E-state index contributed by atoms with van der Waals surface area (Å²) in [6, 6.07) is 10.3. The lowest BCUT2D eigenvalue weighted by Gasteiger charge is -2.35. The van der Waals surface area contributed by atoms with E-state index < -0.39 is 22.9 Å². The summed E-state index contributed by atoms with van der Waals surface area (Å²) in [5.41, 5.74) is -1.30. The first-order valence-corrected chi connectivity index (χ1v) is 9.97. The van der Waals surface area contributed by atoms with Gasteiger partial charge in [-0.05, 0) is 31.5 Å². The average Bonchev–Trinajstić information content (AvgIpc) is 2.69. The van der Waals surface area contributed by atoms with Crippen LogP contribution in [0, 0.1) is 0 Å². The number of rotatable bonds is 3. The summed E-state index contributed by atoms with van der Waals surface area (Å²) in [5, 5.41) is 10.4. The van der Waals surface area contributed by atoms with Gasteiger partial charge in [0.2, 0.25) is 11.2 Å². The van der Waals surface area contributed by atoms with Gasteiger partial charge < -0.3 is 14.3 Å². The van der Waals surface area contributed by atoms with Crippen molar-refractivity contribution in [3.8, 4) is 16.9 Å². The second-order valence-electron chi connectivity index (χ2n) is 7.89. The lowest BCUT2D eigenvalue weighted by Crippen LogP contribution is -2.44. The Labute approximate surface area is 176 Å². The minimum Gasteiger partial charge on any atom is -0.507 e. The summed E-state index contributed by atoms with van der Waals surface area (Å²) >= 11 is 0. The number of nitrogens with zero attached hydrogens (tertiary/aromatic N) is 1. The summed E-state index contributed by atoms with van der Waals surface area (Å²) in [6.07, 6.45) is -5.02. The number of hydrogen-bond acceptors (Lipinski definition) is 5. The van der Waals surface area contributed by atoms with E-state index in [-0.39, 0.29) is 46.6 Å². The highest BCUT2D eigenvalue weighted by molar-refractivity contribution is 5.86. The summed E-state index contributed by atoms with van der Waals surface area (Å²) in [4.78, 5) is 15.1. The van der Waals surface area contributed by atoms with Crippen LogP contribution in [0.25, 0.3) is 22.1 Å². The number of hydrogen-bond donors (Lipinski definition) is 1. The maximum atomic E-state index is 13.9. The molecule has 164 valence electrons. The van der Waals surface area contributed by atoms with E-state index in [0.29, 0.717) is 13.1 Å². The van der Waals surface area contributed by atoms with Gasteiger partial charge in [-0.15, -0.1) is 0 Å². The molecule has 1 fully saturated rings. The summed E-state index contributed by atoms with van der Waals surface area (Å²) in [7, 11) is 0. The Balaban J connectivity index is 1.92. The average molecular weight is 433 g/mol. The molecule has 0 bridgehead atoms. The van der Waals surface area contributed by atoms with E-state index in [1.165, 1.54) is 24.3 Å². The minimum absolute atomic E-state index is 0.00555. The van der Waals surface area contributed by atoms with Crippen molar-refractivity contribution in [2.24, 2.45) is 0 Å². The lowest BCUT2D eigenvalue weighted by molar-refractivity contribution is -0.152. The molecule has 0 radical (unpaired) electrons. The van der Waals surface area contributed by atoms with Crippen LogP contribution in [0.3, 0.4) is 0 Å². The zero-order chi connectivity index (χ0) is 22.3. The second-order valence-corrected chi connectivity index (χ2v) is 7.89. The van der Waals surface area contributed by atoms with E-state index in [9.17, 15) is 23.1 Å². The molecule has 0 amide bonds. The van der Waals surface area contributed by atoms with Gasteiger partial charge in [-0.3, -0.25) is 9.69 Å². The number of phenolic OH excluding ortho intramolecular Hbond substituents is 1. The third-order valence-corrected chi connectivity index (χ3v) is 5.34. The SMILES string of the molecule is CC1CN(Cc2c(O)ccc3c(=O)c(-c4ccccc4)c(C(F)(F)F)oc23)CC(C)O1. The van der Waals surface area contributed by atoms with Gasteiger partial charge in [-0.25, -0.2) is 0 Å². The van der Waals surface area contributed by atoms with Gasteiger partial charge in [0.05, 0.1) is 28.7 Å². The van der Waals surface area contributed by atoms with Gasteiger partial charge in [0.25, 0.3) is 0 Å². The van der Waals surface area contributed by atoms with E-state index in [2.05, 4.69) is 0 Å². The zero-order valence-corrected chi connectivity index (χ0v) is 17.1. The lowest BCUT2D eigenvalue weighted by atomic mass is 10.00. The van der Waals surface area contributed by atoms with Gasteiger partial charge in [-0.2, -0.15) is 13.2 Å². The van der Waals surface area contributed by atoms with Crippen LogP contribution in [0.5, 0.6) is 5.75 Å². The Morgan fingerprint density at radius 2 is 1.71 bits per heavy atom. The van der Waals surface area contributed by atoms with Crippen LogP contribution < -0.4 is 5.43 Å². The van der Waals surface area contributed by atoms with Crippen LogP contribution in [0.1, 0.15) is 25.2 Å². The third-order valence-electron chi connectivity index (χ3n) is 5.34. The first-order valence-electron chi connectivity index (χ1n) is 9.97. The second kappa shape index (κ2) is 8.01. The molecule has 1 N–H and O–H groups in total. The molecular weight excluding hydrogens is 411 g/mol. The van der Waals surface area contributed by atoms with E-state index in [4.69, 9.17) is 9.15 Å². The largest absolute Gasteiger partial charge is 0.507 e. The molecule has 4 rings (SSSR count). The van der Waals surface area contributed by atoms with E-state index in [1.54, 1.807) is 18.2 Å². The molecule has 0 spiro atoms. The minimum atomic E-state index is -4.89. The smallest absolute Gasteiger partial charge is 0.450 e. The van der Waals surface area contributed by atoms with Crippen LogP contribution in [0.15, 0.2) is 51.7 Å². The van der Waals surface area contributed by atoms with Crippen LogP contribution >= 0.6 is 0 Å². The molecule has 0 saturated carbocycles. The van der Waals surface area contributed by atoms with Crippen molar-refractivity contribution >= 4 is 11.0 Å². The summed E-state index contributed by atoms with van der Waals surface area (Å²) in [5.74, 6) is -1.59. The topological polar surface area (TPSA) is 62.9 Å². The van der Waals surface area contributed by atoms with Gasteiger partial charge in [0.15, 0.2) is 0 Å². The predicted molar refractivity (Wildman–Crippen MR) is 110 cm³/mol. The van der Waals surface area contributed by atoms with Crippen molar-refractivity contribution in [3.05, 3.63) is 64.0 Å². The van der Waals surface area contributed by atoms with Gasteiger partial charge >= 0.3 is 6.18 Å². The van der Waals surface area contributed by atoms with E-state index >= 15 is 0 Å². The molecule has 1 aliphatic rings. The molecule has 2 unspecified atom stereocenters. The van der Waals surface area contributed by atoms with Crippen LogP contribution in [-0.4, -0.2) is 35.3 Å². The number of morpholine rings is 1. The van der Waals surface area contributed by atoms with Crippen molar-refractivity contribution in [1.82, 2.24) is 4.90 Å². The fraction of sp³-hybridized carbons (Fsp3) is 0.348. The molecular formula is C23H22F3NO4. The van der Waals surface area contributed by atoms with Crippen molar-refractivity contribution in [2.75, 3.05) is 13.1 Å². The Bertz CT molecular complexity index is 1150. The molecule has 2 atom stereocenters. The molecule has 8 heteroatoms. The van der Waals surface area contributed by atoms with Crippen LogP contribution in [0.4, 0.5) is 13.2 Å². The quantitative estimate of drug-likeness (QED) is 0.643. The van der Waals surface area contributed by atoms with Crippen molar-refractivity contribution in [1.29, 1.82) is 0 Å². The molecule has 3 aromatic rings. The van der Waals surface area contributed by atoms with Gasteiger partial charge in [0.1, 0.15) is 11.3 Å². The Morgan fingerprint density at radius 3 is 2.32 bits per heavy atom. The fourth-order valence-corrected chi connectivity index (χ4v) is 4.16. The molecule has 0 aliphatic carbocycles. The number of ether oxygens (including phenoxy) is 1. The Morgan fingerprint density at radius 1 is 1.06 bits per heavy atom. The Kier molecular flexibility index (Phi) is 5.53. The summed E-state index contributed by atoms with van der Waals surface area (Å²) in [6.45, 7) is 5.02. The van der Waals surface area contributed by atoms with Crippen molar-refractivity contribution in [3.63, 3.8) is 0 Å². The molecule has 1 aromatic heterocycles. The van der Waals surface area contributed by atoms with Crippen molar-refractivity contribution < 1.29 is 27.4 Å². The van der Waals surface area contributed by atoms with Gasteiger partial charge in [0, 0.05) is 19.6 Å². The normalized spacial score (nSPS) is 20.3. The predicted octanol–water partition coefficient (Wildman–Crippen LogP) is 4.79. The fourth-order valence-electron chi connectivity index (χ4n) is 4.16. The maximum absolute atomic E-state index is 13.9. The number of fused-ring (bicyclic) bond motifs is 1. The highest BCUT2D eigenvalue weighted by Crippen LogP contribution is 2.39. The third kappa shape index (κ3) is 4.18. The molecule has 2 heterocycles. The molecule has 1 aliphatic heterocycles. The molecule has 5 nitrogen and oxygen atoms in total. The number of halogens is 3. The first-order chi connectivity index (χ1) is 14.6.